The smallest absolute Gasteiger partial charge is 0.0485 e. The van der Waals surface area contributed by atoms with Gasteiger partial charge in [-0.3, -0.25) is 0 Å². The number of rotatable bonds is 3. The van der Waals surface area contributed by atoms with E-state index in [2.05, 4.69) is 48.0 Å². The number of hydrogen-bond acceptors (Lipinski definition) is 1. The van der Waals surface area contributed by atoms with Crippen LogP contribution >= 0.6 is 0 Å². The van der Waals surface area contributed by atoms with Crippen molar-refractivity contribution in [1.82, 2.24) is 9.88 Å². The van der Waals surface area contributed by atoms with Gasteiger partial charge in [-0.15, -0.1) is 0 Å². The number of nitrogens with zero attached hydrogens (tertiary/aromatic N) is 1. The number of hydrogen-bond donors (Lipinski definition) is 1. The number of fused-ring (bicyclic) bond motifs is 1. The molecule has 0 fully saturated rings. The summed E-state index contributed by atoms with van der Waals surface area (Å²) in [5, 5.41) is 4.55. The van der Waals surface area contributed by atoms with Gasteiger partial charge in [0.1, 0.15) is 0 Å². The maximum Gasteiger partial charge on any atom is 0.0485 e. The summed E-state index contributed by atoms with van der Waals surface area (Å²) in [6.45, 7) is 6.30. The lowest BCUT2D eigenvalue weighted by Gasteiger charge is -2.07. The van der Waals surface area contributed by atoms with E-state index in [1.165, 1.54) is 22.2 Å². The third-order valence-electron chi connectivity index (χ3n) is 2.82. The molecule has 0 spiro atoms. The minimum absolute atomic E-state index is 0.932. The van der Waals surface area contributed by atoms with Crippen LogP contribution in [0.4, 0.5) is 0 Å². The summed E-state index contributed by atoms with van der Waals surface area (Å²) in [5.74, 6) is 0. The maximum atomic E-state index is 3.21. The molecule has 0 aliphatic heterocycles. The highest BCUT2D eigenvalue weighted by molar-refractivity contribution is 5.82. The van der Waals surface area contributed by atoms with Gasteiger partial charge >= 0.3 is 0 Å². The van der Waals surface area contributed by atoms with Gasteiger partial charge in [0.25, 0.3) is 0 Å². The van der Waals surface area contributed by atoms with Gasteiger partial charge in [-0.25, -0.2) is 0 Å². The second-order valence-electron chi connectivity index (χ2n) is 3.97. The van der Waals surface area contributed by atoms with Crippen LogP contribution in [0.1, 0.15) is 18.2 Å². The summed E-state index contributed by atoms with van der Waals surface area (Å²) < 4.78 is 2.37. The third-order valence-corrected chi connectivity index (χ3v) is 2.82. The van der Waals surface area contributed by atoms with E-state index in [0.29, 0.717) is 0 Å². The number of aromatic nitrogens is 1. The molecule has 2 heteroatoms. The van der Waals surface area contributed by atoms with Gasteiger partial charge in [0.05, 0.1) is 0 Å². The Bertz CT molecular complexity index is 469. The molecule has 1 N–H and O–H groups in total. The van der Waals surface area contributed by atoms with Gasteiger partial charge in [-0.1, -0.05) is 12.1 Å². The van der Waals surface area contributed by atoms with Crippen LogP contribution in [0.3, 0.4) is 0 Å². The Morgan fingerprint density at radius 2 is 2.07 bits per heavy atom. The lowest BCUT2D eigenvalue weighted by molar-refractivity contribution is 0.692. The molecule has 0 radical (unpaired) electrons. The molecule has 0 saturated heterocycles. The molecule has 0 amide bonds. The molecule has 0 atom stereocenters. The summed E-state index contributed by atoms with van der Waals surface area (Å²) in [4.78, 5) is 0. The second kappa shape index (κ2) is 4.07. The monoisotopic (exact) mass is 202 g/mol. The Morgan fingerprint density at radius 1 is 1.27 bits per heavy atom. The van der Waals surface area contributed by atoms with Crippen molar-refractivity contribution in [2.24, 2.45) is 0 Å². The van der Waals surface area contributed by atoms with Crippen LogP contribution in [-0.4, -0.2) is 11.6 Å². The Labute approximate surface area is 90.9 Å². The molecule has 1 heterocycles. The highest BCUT2D eigenvalue weighted by atomic mass is 15.0. The van der Waals surface area contributed by atoms with E-state index >= 15 is 0 Å². The van der Waals surface area contributed by atoms with Gasteiger partial charge in [-0.05, 0) is 44.0 Å². The molecule has 2 aromatic rings. The molecular formula is C13H18N2. The van der Waals surface area contributed by atoms with Gasteiger partial charge in [0.15, 0.2) is 0 Å². The topological polar surface area (TPSA) is 17.0 Å². The molecule has 15 heavy (non-hydrogen) atoms. The summed E-state index contributed by atoms with van der Waals surface area (Å²) in [6, 6.07) is 8.91. The first-order chi connectivity index (χ1) is 7.26. The van der Waals surface area contributed by atoms with Crippen molar-refractivity contribution in [3.8, 4) is 0 Å². The lowest BCUT2D eigenvalue weighted by Crippen LogP contribution is -2.10. The molecule has 1 aromatic carbocycles. The van der Waals surface area contributed by atoms with Crippen LogP contribution in [0, 0.1) is 6.92 Å². The SMILES string of the molecule is CCn1c(CNC)cc2ccc(C)cc21. The molecule has 0 bridgehead atoms. The van der Waals surface area contributed by atoms with Crippen molar-refractivity contribution < 1.29 is 0 Å². The first-order valence-electron chi connectivity index (χ1n) is 5.49. The zero-order valence-corrected chi connectivity index (χ0v) is 9.67. The summed E-state index contributed by atoms with van der Waals surface area (Å²) >= 11 is 0. The van der Waals surface area contributed by atoms with Crippen LogP contribution in [0.25, 0.3) is 10.9 Å². The van der Waals surface area contributed by atoms with Crippen molar-refractivity contribution in [3.05, 3.63) is 35.5 Å². The maximum absolute atomic E-state index is 3.21. The van der Waals surface area contributed by atoms with Gasteiger partial charge in [0, 0.05) is 24.3 Å². The Hall–Kier alpha value is -1.28. The number of nitrogens with one attached hydrogen (secondary N) is 1. The third kappa shape index (κ3) is 1.77. The molecule has 0 saturated carbocycles. The molecule has 1 aromatic heterocycles. The molecular weight excluding hydrogens is 184 g/mol. The molecule has 0 unspecified atom stereocenters. The molecule has 80 valence electrons. The zero-order valence-electron chi connectivity index (χ0n) is 9.67. The van der Waals surface area contributed by atoms with E-state index in [-0.39, 0.29) is 0 Å². The summed E-state index contributed by atoms with van der Waals surface area (Å²) in [6.07, 6.45) is 0. The van der Waals surface area contributed by atoms with Crippen LogP contribution in [0.15, 0.2) is 24.3 Å². The molecule has 0 aliphatic rings. The predicted octanol–water partition coefficient (Wildman–Crippen LogP) is 2.69. The first-order valence-corrected chi connectivity index (χ1v) is 5.49. The summed E-state index contributed by atoms with van der Waals surface area (Å²) in [5.41, 5.74) is 4.04. The summed E-state index contributed by atoms with van der Waals surface area (Å²) in [7, 11) is 1.99. The first kappa shape index (κ1) is 10.2. The van der Waals surface area contributed by atoms with Gasteiger partial charge < -0.3 is 9.88 Å². The van der Waals surface area contributed by atoms with Crippen molar-refractivity contribution >= 4 is 10.9 Å². The van der Waals surface area contributed by atoms with E-state index in [9.17, 15) is 0 Å². The van der Waals surface area contributed by atoms with Crippen molar-refractivity contribution in [1.29, 1.82) is 0 Å². The zero-order chi connectivity index (χ0) is 10.8. The molecule has 2 nitrogen and oxygen atoms in total. The van der Waals surface area contributed by atoms with E-state index in [0.717, 1.165) is 13.1 Å². The second-order valence-corrected chi connectivity index (χ2v) is 3.97. The van der Waals surface area contributed by atoms with E-state index in [1.807, 2.05) is 7.05 Å². The fourth-order valence-corrected chi connectivity index (χ4v) is 2.12. The van der Waals surface area contributed by atoms with E-state index < -0.39 is 0 Å². The number of benzene rings is 1. The van der Waals surface area contributed by atoms with E-state index in [4.69, 9.17) is 0 Å². The highest BCUT2D eigenvalue weighted by Gasteiger charge is 2.06. The van der Waals surface area contributed by atoms with Crippen molar-refractivity contribution in [3.63, 3.8) is 0 Å². The van der Waals surface area contributed by atoms with Crippen LogP contribution in [0.5, 0.6) is 0 Å². The molecule has 2 rings (SSSR count). The lowest BCUT2D eigenvalue weighted by atomic mass is 10.2. The van der Waals surface area contributed by atoms with Crippen molar-refractivity contribution in [2.75, 3.05) is 7.05 Å². The predicted molar refractivity (Wildman–Crippen MR) is 65.1 cm³/mol. The Kier molecular flexibility index (Phi) is 2.78. The van der Waals surface area contributed by atoms with Crippen LogP contribution < -0.4 is 5.32 Å². The average molecular weight is 202 g/mol. The van der Waals surface area contributed by atoms with Crippen molar-refractivity contribution in [2.45, 2.75) is 26.9 Å². The van der Waals surface area contributed by atoms with E-state index in [1.54, 1.807) is 0 Å². The number of aryl methyl sites for hydroxylation is 2. The normalized spacial score (nSPS) is 11.1. The quantitative estimate of drug-likeness (QED) is 0.809. The van der Waals surface area contributed by atoms with Gasteiger partial charge in [0.2, 0.25) is 0 Å². The Morgan fingerprint density at radius 3 is 2.73 bits per heavy atom. The highest BCUT2D eigenvalue weighted by Crippen LogP contribution is 2.21. The fraction of sp³-hybridized carbons (Fsp3) is 0.385. The fourth-order valence-electron chi connectivity index (χ4n) is 2.12. The Balaban J connectivity index is 2.63. The minimum atomic E-state index is 0.932. The largest absolute Gasteiger partial charge is 0.344 e. The van der Waals surface area contributed by atoms with Crippen LogP contribution in [0.2, 0.25) is 0 Å². The average Bonchev–Trinajstić information content (AvgIpc) is 2.55. The van der Waals surface area contributed by atoms with Gasteiger partial charge in [-0.2, -0.15) is 0 Å². The minimum Gasteiger partial charge on any atom is -0.344 e. The standard InChI is InChI=1S/C13H18N2/c1-4-15-12(9-14-3)8-11-6-5-10(2)7-13(11)15/h5-8,14H,4,9H2,1-3H3. The van der Waals surface area contributed by atoms with Crippen LogP contribution in [-0.2, 0) is 13.1 Å². The molecule has 0 aliphatic carbocycles.